The zero-order chi connectivity index (χ0) is 9.03. The average Bonchev–Trinajstić information content (AvgIpc) is 2.17. The van der Waals surface area contributed by atoms with E-state index in [1.807, 2.05) is 0 Å². The average molecular weight is 174 g/mol. The minimum Gasteiger partial charge on any atom is -0.257 e. The maximum absolute atomic E-state index is 8.70. The summed E-state index contributed by atoms with van der Waals surface area (Å²) in [6.07, 6.45) is 1.24. The molecule has 0 aromatic rings. The molecule has 1 aliphatic rings. The van der Waals surface area contributed by atoms with E-state index in [4.69, 9.17) is 15.8 Å². The molecule has 0 N–H and O–H groups in total. The van der Waals surface area contributed by atoms with E-state index < -0.39 is 4.75 Å². The van der Waals surface area contributed by atoms with Crippen LogP contribution in [0, 0.1) is 34.0 Å². The molecular formula is C7H2N4S. The largest absolute Gasteiger partial charge is 0.257 e. The predicted octanol–water partition coefficient (Wildman–Crippen LogP) is 0.955. The van der Waals surface area contributed by atoms with Crippen LogP contribution >= 0.6 is 11.8 Å². The SMILES string of the molecule is N#CC1=CN=CSC1(C#N)C#N. The minimum atomic E-state index is -1.39. The van der Waals surface area contributed by atoms with Crippen molar-refractivity contribution >= 4 is 17.3 Å². The fraction of sp³-hybridized carbons (Fsp3) is 0.143. The summed E-state index contributed by atoms with van der Waals surface area (Å²) in [5.41, 5.74) is 1.47. The Hall–Kier alpha value is -1.77. The standard InChI is InChI=1S/C7H2N4S/c8-1-6-2-11-5-12-7(6,3-9)4-10/h2,5H. The second kappa shape index (κ2) is 3.09. The highest BCUT2D eigenvalue weighted by atomic mass is 32.2. The lowest BCUT2D eigenvalue weighted by Crippen LogP contribution is -2.23. The maximum Gasteiger partial charge on any atom is 0.230 e. The Morgan fingerprint density at radius 1 is 1.33 bits per heavy atom. The first-order valence-corrected chi connectivity index (χ1v) is 3.80. The summed E-state index contributed by atoms with van der Waals surface area (Å²) in [5.74, 6) is 0. The van der Waals surface area contributed by atoms with Crippen molar-refractivity contribution in [3.63, 3.8) is 0 Å². The van der Waals surface area contributed by atoms with Gasteiger partial charge >= 0.3 is 0 Å². The lowest BCUT2D eigenvalue weighted by Gasteiger charge is -2.15. The van der Waals surface area contributed by atoms with Crippen LogP contribution in [0.3, 0.4) is 0 Å². The van der Waals surface area contributed by atoms with E-state index in [0.29, 0.717) is 0 Å². The van der Waals surface area contributed by atoms with Gasteiger partial charge in [-0.3, -0.25) is 4.99 Å². The number of hydrogen-bond acceptors (Lipinski definition) is 5. The highest BCUT2D eigenvalue weighted by molar-refractivity contribution is 8.13. The monoisotopic (exact) mass is 174 g/mol. The molecule has 56 valence electrons. The van der Waals surface area contributed by atoms with Crippen LogP contribution in [0.15, 0.2) is 16.8 Å². The van der Waals surface area contributed by atoms with Crippen LogP contribution in [0.1, 0.15) is 0 Å². The Bertz CT molecular complexity index is 360. The van der Waals surface area contributed by atoms with Gasteiger partial charge in [0.25, 0.3) is 0 Å². The molecule has 1 heterocycles. The van der Waals surface area contributed by atoms with Crippen molar-refractivity contribution in [2.45, 2.75) is 4.75 Å². The third-order valence-electron chi connectivity index (χ3n) is 1.31. The van der Waals surface area contributed by atoms with Crippen molar-refractivity contribution in [3.8, 4) is 18.2 Å². The molecule has 0 fully saturated rings. The van der Waals surface area contributed by atoms with E-state index in [1.54, 1.807) is 18.2 Å². The van der Waals surface area contributed by atoms with Crippen LogP contribution in [0.4, 0.5) is 0 Å². The summed E-state index contributed by atoms with van der Waals surface area (Å²) < 4.78 is -1.39. The zero-order valence-corrected chi connectivity index (χ0v) is 6.67. The first kappa shape index (κ1) is 8.33. The molecule has 12 heavy (non-hydrogen) atoms. The maximum atomic E-state index is 8.70. The third-order valence-corrected chi connectivity index (χ3v) is 2.29. The smallest absolute Gasteiger partial charge is 0.230 e. The van der Waals surface area contributed by atoms with Crippen LogP contribution in [0.2, 0.25) is 0 Å². The van der Waals surface area contributed by atoms with E-state index in [1.165, 1.54) is 11.7 Å². The van der Waals surface area contributed by atoms with Gasteiger partial charge in [-0.25, -0.2) is 0 Å². The van der Waals surface area contributed by atoms with E-state index in [9.17, 15) is 0 Å². The van der Waals surface area contributed by atoms with Gasteiger partial charge in [-0.1, -0.05) is 11.8 Å². The van der Waals surface area contributed by atoms with Crippen LogP contribution in [0.5, 0.6) is 0 Å². The summed E-state index contributed by atoms with van der Waals surface area (Å²) in [6.45, 7) is 0. The molecule has 0 saturated heterocycles. The molecule has 1 rings (SSSR count). The topological polar surface area (TPSA) is 83.7 Å². The van der Waals surface area contributed by atoms with Gasteiger partial charge in [0, 0.05) is 6.20 Å². The first-order valence-electron chi connectivity index (χ1n) is 2.92. The molecule has 0 bridgehead atoms. The predicted molar refractivity (Wildman–Crippen MR) is 43.7 cm³/mol. The van der Waals surface area contributed by atoms with E-state index in [-0.39, 0.29) is 5.57 Å². The van der Waals surface area contributed by atoms with E-state index in [0.717, 1.165) is 11.8 Å². The van der Waals surface area contributed by atoms with Crippen molar-refractivity contribution in [1.82, 2.24) is 0 Å². The van der Waals surface area contributed by atoms with Crippen LogP contribution in [-0.2, 0) is 0 Å². The molecular weight excluding hydrogens is 172 g/mol. The van der Waals surface area contributed by atoms with Gasteiger partial charge in [0.05, 0.1) is 11.1 Å². The summed E-state index contributed by atoms with van der Waals surface area (Å²) in [6, 6.07) is 5.35. The van der Waals surface area contributed by atoms with Gasteiger partial charge in [-0.2, -0.15) is 15.8 Å². The van der Waals surface area contributed by atoms with Gasteiger partial charge in [0.2, 0.25) is 4.75 Å². The summed E-state index contributed by atoms with van der Waals surface area (Å²) in [7, 11) is 0. The molecule has 0 amide bonds. The molecule has 1 aliphatic heterocycles. The van der Waals surface area contributed by atoms with Crippen molar-refractivity contribution in [3.05, 3.63) is 11.8 Å². The third kappa shape index (κ3) is 1.05. The van der Waals surface area contributed by atoms with E-state index >= 15 is 0 Å². The Kier molecular flexibility index (Phi) is 2.14. The van der Waals surface area contributed by atoms with Gasteiger partial charge in [-0.15, -0.1) is 0 Å². The van der Waals surface area contributed by atoms with Crippen molar-refractivity contribution in [1.29, 1.82) is 15.8 Å². The second-order valence-electron chi connectivity index (χ2n) is 1.93. The summed E-state index contributed by atoms with van der Waals surface area (Å²) >= 11 is 0.939. The van der Waals surface area contributed by atoms with Crippen molar-refractivity contribution < 1.29 is 0 Å². The zero-order valence-electron chi connectivity index (χ0n) is 5.85. The molecule has 0 radical (unpaired) electrons. The van der Waals surface area contributed by atoms with Crippen molar-refractivity contribution in [2.75, 3.05) is 0 Å². The minimum absolute atomic E-state index is 0.0833. The molecule has 0 unspecified atom stereocenters. The number of rotatable bonds is 0. The number of nitriles is 3. The molecule has 5 heteroatoms. The van der Waals surface area contributed by atoms with Gasteiger partial charge in [0.1, 0.15) is 18.2 Å². The molecule has 0 aliphatic carbocycles. The molecule has 4 nitrogen and oxygen atoms in total. The van der Waals surface area contributed by atoms with Crippen LogP contribution in [-0.4, -0.2) is 10.3 Å². The summed E-state index contributed by atoms with van der Waals surface area (Å²) in [4.78, 5) is 3.67. The molecule has 0 saturated carbocycles. The fourth-order valence-electron chi connectivity index (χ4n) is 0.675. The Morgan fingerprint density at radius 3 is 2.42 bits per heavy atom. The number of thioether (sulfide) groups is 1. The van der Waals surface area contributed by atoms with E-state index in [2.05, 4.69) is 4.99 Å². The van der Waals surface area contributed by atoms with Gasteiger partial charge < -0.3 is 0 Å². The lowest BCUT2D eigenvalue weighted by molar-refractivity contribution is 1.09. The first-order chi connectivity index (χ1) is 5.79. The number of aliphatic imine (C=N–C) groups is 1. The second-order valence-corrected chi connectivity index (χ2v) is 2.99. The highest BCUT2D eigenvalue weighted by Gasteiger charge is 2.37. The van der Waals surface area contributed by atoms with Crippen molar-refractivity contribution in [2.24, 2.45) is 4.99 Å². The quantitative estimate of drug-likeness (QED) is 0.547. The highest BCUT2D eigenvalue weighted by Crippen LogP contribution is 2.32. The molecule has 0 atom stereocenters. The fourth-order valence-corrected chi connectivity index (χ4v) is 1.29. The lowest BCUT2D eigenvalue weighted by atomic mass is 10.0. The molecule has 0 aromatic heterocycles. The van der Waals surface area contributed by atoms with Crippen LogP contribution < -0.4 is 0 Å². The number of nitrogens with zero attached hydrogens (tertiary/aromatic N) is 4. The molecule has 0 aromatic carbocycles. The normalized spacial score (nSPS) is 18.2. The van der Waals surface area contributed by atoms with Crippen LogP contribution in [0.25, 0.3) is 0 Å². The number of hydrogen-bond donors (Lipinski definition) is 0. The summed E-state index contributed by atoms with van der Waals surface area (Å²) in [5, 5.41) is 26.0. The molecule has 0 spiro atoms. The van der Waals surface area contributed by atoms with Gasteiger partial charge in [0.15, 0.2) is 0 Å². The Labute approximate surface area is 73.4 Å². The van der Waals surface area contributed by atoms with Gasteiger partial charge in [-0.05, 0) is 0 Å². The Morgan fingerprint density at radius 2 is 2.00 bits per heavy atom. The Balaban J connectivity index is 3.21.